The second kappa shape index (κ2) is 5.42. The SMILES string of the molecule is COc1ccc2nc(C3=C(O)CN(c4ccccc4)C3=N)[nH]c2c1. The summed E-state index contributed by atoms with van der Waals surface area (Å²) in [7, 11) is 1.61. The van der Waals surface area contributed by atoms with Gasteiger partial charge < -0.3 is 19.7 Å². The zero-order chi connectivity index (χ0) is 16.7. The maximum absolute atomic E-state index is 10.4. The molecule has 2 aromatic carbocycles. The molecule has 0 saturated heterocycles. The first-order valence-corrected chi connectivity index (χ1v) is 7.55. The number of nitrogens with zero attached hydrogens (tertiary/aromatic N) is 2. The Morgan fingerprint density at radius 3 is 2.75 bits per heavy atom. The van der Waals surface area contributed by atoms with Crippen LogP contribution in [0.25, 0.3) is 16.6 Å². The van der Waals surface area contributed by atoms with E-state index in [4.69, 9.17) is 10.1 Å². The highest BCUT2D eigenvalue weighted by Gasteiger charge is 2.31. The lowest BCUT2D eigenvalue weighted by Crippen LogP contribution is -2.26. The number of aliphatic hydroxyl groups excluding tert-OH is 1. The van der Waals surface area contributed by atoms with Gasteiger partial charge in [0.05, 0.1) is 30.3 Å². The third-order valence-electron chi connectivity index (χ3n) is 4.10. The molecule has 0 radical (unpaired) electrons. The molecule has 24 heavy (non-hydrogen) atoms. The van der Waals surface area contributed by atoms with E-state index in [0.29, 0.717) is 11.4 Å². The van der Waals surface area contributed by atoms with Crippen LogP contribution in [0.1, 0.15) is 5.82 Å². The summed E-state index contributed by atoms with van der Waals surface area (Å²) in [4.78, 5) is 9.42. The van der Waals surface area contributed by atoms with Gasteiger partial charge in [0.25, 0.3) is 0 Å². The maximum atomic E-state index is 10.4. The van der Waals surface area contributed by atoms with E-state index in [-0.39, 0.29) is 18.1 Å². The third-order valence-corrected chi connectivity index (χ3v) is 4.10. The molecule has 120 valence electrons. The van der Waals surface area contributed by atoms with Crippen molar-refractivity contribution in [1.29, 1.82) is 5.41 Å². The Morgan fingerprint density at radius 1 is 1.21 bits per heavy atom. The fraction of sp³-hybridized carbons (Fsp3) is 0.111. The molecule has 0 aliphatic carbocycles. The Morgan fingerprint density at radius 2 is 2.00 bits per heavy atom. The van der Waals surface area contributed by atoms with Crippen molar-refractivity contribution in [3.05, 3.63) is 60.1 Å². The van der Waals surface area contributed by atoms with E-state index in [9.17, 15) is 5.11 Å². The molecule has 0 saturated carbocycles. The van der Waals surface area contributed by atoms with Crippen molar-refractivity contribution >= 4 is 28.1 Å². The maximum Gasteiger partial charge on any atom is 0.145 e. The van der Waals surface area contributed by atoms with Crippen LogP contribution in [0.4, 0.5) is 5.69 Å². The summed E-state index contributed by atoms with van der Waals surface area (Å²) in [6, 6.07) is 15.1. The first kappa shape index (κ1) is 14.3. The standard InChI is InChI=1S/C18H16N4O2/c1-24-12-7-8-13-14(9-12)21-18(20-13)16-15(23)10-22(17(16)19)11-5-3-2-4-6-11/h2-9,19,23H,10H2,1H3,(H,20,21). The molecule has 3 aromatic rings. The van der Waals surface area contributed by atoms with Crippen molar-refractivity contribution in [2.45, 2.75) is 0 Å². The topological polar surface area (TPSA) is 85.2 Å². The number of rotatable bonds is 3. The summed E-state index contributed by atoms with van der Waals surface area (Å²) in [6.07, 6.45) is 0. The smallest absolute Gasteiger partial charge is 0.145 e. The number of nitrogens with one attached hydrogen (secondary N) is 2. The van der Waals surface area contributed by atoms with Crippen LogP contribution in [-0.4, -0.2) is 34.6 Å². The molecule has 6 heteroatoms. The molecular weight excluding hydrogens is 304 g/mol. The molecule has 2 heterocycles. The first-order chi connectivity index (χ1) is 11.7. The number of fused-ring (bicyclic) bond motifs is 1. The van der Waals surface area contributed by atoms with Crippen LogP contribution in [0.5, 0.6) is 5.75 Å². The Hall–Kier alpha value is -3.28. The number of hydrogen-bond acceptors (Lipinski definition) is 4. The summed E-state index contributed by atoms with van der Waals surface area (Å²) in [5, 5.41) is 18.8. The number of amidine groups is 1. The minimum absolute atomic E-state index is 0.134. The molecule has 1 aliphatic rings. The molecule has 0 spiro atoms. The number of anilines is 1. The van der Waals surface area contributed by atoms with Gasteiger partial charge in [-0.3, -0.25) is 5.41 Å². The van der Waals surface area contributed by atoms with Crippen molar-refractivity contribution in [3.8, 4) is 5.75 Å². The number of H-pyrrole nitrogens is 1. The summed E-state index contributed by atoms with van der Waals surface area (Å²) >= 11 is 0. The molecule has 6 nitrogen and oxygen atoms in total. The average molecular weight is 320 g/mol. The van der Waals surface area contributed by atoms with Crippen molar-refractivity contribution in [2.75, 3.05) is 18.6 Å². The molecule has 0 fully saturated rings. The number of aromatic amines is 1. The summed E-state index contributed by atoms with van der Waals surface area (Å²) in [5.41, 5.74) is 2.85. The van der Waals surface area contributed by atoms with Crippen LogP contribution in [0.3, 0.4) is 0 Å². The van der Waals surface area contributed by atoms with Crippen LogP contribution >= 0.6 is 0 Å². The lowest BCUT2D eigenvalue weighted by molar-refractivity contribution is 0.411. The molecule has 0 unspecified atom stereocenters. The number of imidazole rings is 1. The van der Waals surface area contributed by atoms with E-state index >= 15 is 0 Å². The fourth-order valence-electron chi connectivity index (χ4n) is 2.89. The quantitative estimate of drug-likeness (QED) is 0.691. The van der Waals surface area contributed by atoms with Crippen molar-refractivity contribution in [1.82, 2.24) is 9.97 Å². The second-order valence-corrected chi connectivity index (χ2v) is 5.56. The second-order valence-electron chi connectivity index (χ2n) is 5.56. The van der Waals surface area contributed by atoms with E-state index in [2.05, 4.69) is 9.97 Å². The van der Waals surface area contributed by atoms with Crippen LogP contribution in [-0.2, 0) is 0 Å². The molecule has 1 aromatic heterocycles. The summed E-state index contributed by atoms with van der Waals surface area (Å²) in [5.74, 6) is 1.57. The predicted molar refractivity (Wildman–Crippen MR) is 93.7 cm³/mol. The van der Waals surface area contributed by atoms with Gasteiger partial charge in [-0.25, -0.2) is 4.98 Å². The largest absolute Gasteiger partial charge is 0.509 e. The summed E-state index contributed by atoms with van der Waals surface area (Å²) in [6.45, 7) is 0.262. The van der Waals surface area contributed by atoms with E-state index < -0.39 is 0 Å². The molecule has 4 rings (SSSR count). The zero-order valence-electron chi connectivity index (χ0n) is 13.1. The van der Waals surface area contributed by atoms with Crippen molar-refractivity contribution in [3.63, 3.8) is 0 Å². The van der Waals surface area contributed by atoms with E-state index in [1.165, 1.54) is 0 Å². The highest BCUT2D eigenvalue weighted by molar-refractivity contribution is 6.30. The van der Waals surface area contributed by atoms with Gasteiger partial charge in [0, 0.05) is 11.8 Å². The van der Waals surface area contributed by atoms with Gasteiger partial charge in [-0.15, -0.1) is 0 Å². The summed E-state index contributed by atoms with van der Waals surface area (Å²) < 4.78 is 5.21. The van der Waals surface area contributed by atoms with Crippen LogP contribution in [0.15, 0.2) is 54.3 Å². The molecule has 3 N–H and O–H groups in total. The Bertz CT molecular complexity index is 960. The van der Waals surface area contributed by atoms with Crippen LogP contribution in [0.2, 0.25) is 0 Å². The Balaban J connectivity index is 1.73. The number of aromatic nitrogens is 2. The number of aliphatic hydroxyl groups is 1. The molecular formula is C18H16N4O2. The third kappa shape index (κ3) is 2.20. The van der Waals surface area contributed by atoms with Gasteiger partial charge >= 0.3 is 0 Å². The Kier molecular flexibility index (Phi) is 3.23. The van der Waals surface area contributed by atoms with Crippen LogP contribution < -0.4 is 9.64 Å². The number of para-hydroxylation sites is 1. The van der Waals surface area contributed by atoms with Crippen molar-refractivity contribution < 1.29 is 9.84 Å². The highest BCUT2D eigenvalue weighted by atomic mass is 16.5. The zero-order valence-corrected chi connectivity index (χ0v) is 13.1. The van der Waals surface area contributed by atoms with Gasteiger partial charge in [0.1, 0.15) is 23.2 Å². The monoisotopic (exact) mass is 320 g/mol. The lowest BCUT2D eigenvalue weighted by Gasteiger charge is -2.18. The fourth-order valence-corrected chi connectivity index (χ4v) is 2.89. The molecule has 0 amide bonds. The molecule has 0 bridgehead atoms. The normalized spacial score (nSPS) is 14.7. The number of benzene rings is 2. The number of ether oxygens (including phenoxy) is 1. The van der Waals surface area contributed by atoms with E-state index in [1.54, 1.807) is 12.0 Å². The Labute approximate surface area is 138 Å². The van der Waals surface area contributed by atoms with E-state index in [0.717, 1.165) is 22.5 Å². The lowest BCUT2D eigenvalue weighted by atomic mass is 10.2. The molecule has 0 atom stereocenters. The minimum Gasteiger partial charge on any atom is -0.509 e. The molecule has 1 aliphatic heterocycles. The van der Waals surface area contributed by atoms with Crippen molar-refractivity contribution in [2.24, 2.45) is 0 Å². The number of hydrogen-bond donors (Lipinski definition) is 3. The van der Waals surface area contributed by atoms with E-state index in [1.807, 2.05) is 48.5 Å². The van der Waals surface area contributed by atoms with Gasteiger partial charge in [0.15, 0.2) is 0 Å². The van der Waals surface area contributed by atoms with Gasteiger partial charge in [-0.05, 0) is 24.3 Å². The van der Waals surface area contributed by atoms with Crippen LogP contribution in [0, 0.1) is 5.41 Å². The minimum atomic E-state index is 0.134. The van der Waals surface area contributed by atoms with Gasteiger partial charge in [-0.2, -0.15) is 0 Å². The predicted octanol–water partition coefficient (Wildman–Crippen LogP) is 3.34. The first-order valence-electron chi connectivity index (χ1n) is 7.55. The number of methoxy groups -OCH3 is 1. The highest BCUT2D eigenvalue weighted by Crippen LogP contribution is 2.31. The van der Waals surface area contributed by atoms with Gasteiger partial charge in [-0.1, -0.05) is 18.2 Å². The van der Waals surface area contributed by atoms with Gasteiger partial charge in [0.2, 0.25) is 0 Å². The average Bonchev–Trinajstić information content (AvgIpc) is 3.15.